The van der Waals surface area contributed by atoms with E-state index in [4.69, 9.17) is 5.73 Å². The van der Waals surface area contributed by atoms with Gasteiger partial charge in [0, 0.05) is 11.6 Å². The summed E-state index contributed by atoms with van der Waals surface area (Å²) in [5.74, 6) is 1.29. The molecule has 16 heavy (non-hydrogen) atoms. The summed E-state index contributed by atoms with van der Waals surface area (Å²) in [6.45, 7) is 4.21. The van der Waals surface area contributed by atoms with E-state index in [0.717, 1.165) is 17.1 Å². The van der Waals surface area contributed by atoms with Crippen LogP contribution in [-0.4, -0.2) is 9.97 Å². The molecule has 0 spiro atoms. The summed E-state index contributed by atoms with van der Waals surface area (Å²) < 4.78 is 0. The van der Waals surface area contributed by atoms with Crippen molar-refractivity contribution in [3.63, 3.8) is 0 Å². The van der Waals surface area contributed by atoms with E-state index in [0.29, 0.717) is 5.92 Å². The average Bonchev–Trinajstić information content (AvgIpc) is 2.78. The number of hydrogen-bond acceptors (Lipinski definition) is 2. The SMILES string of the molecule is CC(C)[C@H](N)c1cnc(-c2ccccc2)[nH]1. The minimum Gasteiger partial charge on any atom is -0.341 e. The Bertz CT molecular complexity index is 445. The van der Waals surface area contributed by atoms with Crippen LogP contribution in [-0.2, 0) is 0 Å². The average molecular weight is 215 g/mol. The molecule has 2 aromatic rings. The second-order valence-electron chi connectivity index (χ2n) is 4.32. The van der Waals surface area contributed by atoms with Gasteiger partial charge < -0.3 is 10.7 Å². The maximum atomic E-state index is 6.06. The summed E-state index contributed by atoms with van der Waals surface area (Å²) in [6.07, 6.45) is 1.83. The van der Waals surface area contributed by atoms with Gasteiger partial charge in [-0.05, 0) is 5.92 Å². The monoisotopic (exact) mass is 215 g/mol. The smallest absolute Gasteiger partial charge is 0.137 e. The van der Waals surface area contributed by atoms with Gasteiger partial charge in [0.1, 0.15) is 5.82 Å². The van der Waals surface area contributed by atoms with Crippen LogP contribution in [0.25, 0.3) is 11.4 Å². The van der Waals surface area contributed by atoms with Crippen LogP contribution in [0.5, 0.6) is 0 Å². The third kappa shape index (κ3) is 2.14. The Labute approximate surface area is 95.7 Å². The number of imidazole rings is 1. The lowest BCUT2D eigenvalue weighted by atomic mass is 10.0. The molecule has 0 aliphatic rings. The number of rotatable bonds is 3. The Morgan fingerprint density at radius 2 is 1.88 bits per heavy atom. The molecule has 1 aromatic carbocycles. The Balaban J connectivity index is 2.27. The molecule has 0 saturated carbocycles. The molecule has 0 saturated heterocycles. The largest absolute Gasteiger partial charge is 0.341 e. The van der Waals surface area contributed by atoms with E-state index in [1.54, 1.807) is 0 Å². The predicted molar refractivity (Wildman–Crippen MR) is 65.8 cm³/mol. The third-order valence-corrected chi connectivity index (χ3v) is 2.72. The van der Waals surface area contributed by atoms with Gasteiger partial charge in [-0.25, -0.2) is 4.98 Å². The molecule has 1 atom stereocenters. The molecule has 0 fully saturated rings. The first-order valence-electron chi connectivity index (χ1n) is 5.54. The summed E-state index contributed by atoms with van der Waals surface area (Å²) >= 11 is 0. The molecule has 3 nitrogen and oxygen atoms in total. The van der Waals surface area contributed by atoms with Crippen LogP contribution in [0.15, 0.2) is 36.5 Å². The van der Waals surface area contributed by atoms with Crippen molar-refractivity contribution >= 4 is 0 Å². The molecule has 0 unspecified atom stereocenters. The number of H-pyrrole nitrogens is 1. The normalized spacial score (nSPS) is 13.0. The van der Waals surface area contributed by atoms with Gasteiger partial charge >= 0.3 is 0 Å². The number of aromatic amines is 1. The third-order valence-electron chi connectivity index (χ3n) is 2.72. The maximum absolute atomic E-state index is 6.06. The Kier molecular flexibility index (Phi) is 3.06. The molecule has 84 valence electrons. The summed E-state index contributed by atoms with van der Waals surface area (Å²) in [4.78, 5) is 7.63. The molecule has 0 amide bonds. The number of aromatic nitrogens is 2. The Morgan fingerprint density at radius 1 is 1.19 bits per heavy atom. The second kappa shape index (κ2) is 4.49. The van der Waals surface area contributed by atoms with Gasteiger partial charge in [0.15, 0.2) is 0 Å². The lowest BCUT2D eigenvalue weighted by molar-refractivity contribution is 0.505. The van der Waals surface area contributed by atoms with Crippen LogP contribution >= 0.6 is 0 Å². The minimum absolute atomic E-state index is 0.0185. The van der Waals surface area contributed by atoms with Gasteiger partial charge in [0.2, 0.25) is 0 Å². The van der Waals surface area contributed by atoms with E-state index >= 15 is 0 Å². The zero-order chi connectivity index (χ0) is 11.5. The molecular weight excluding hydrogens is 198 g/mol. The summed E-state index contributed by atoms with van der Waals surface area (Å²) in [5, 5.41) is 0. The van der Waals surface area contributed by atoms with Crippen LogP contribution in [0.4, 0.5) is 0 Å². The number of nitrogens with two attached hydrogens (primary N) is 1. The summed E-state index contributed by atoms with van der Waals surface area (Å²) in [5.41, 5.74) is 8.14. The fraction of sp³-hybridized carbons (Fsp3) is 0.308. The number of nitrogens with one attached hydrogen (secondary N) is 1. The van der Waals surface area contributed by atoms with E-state index in [9.17, 15) is 0 Å². The highest BCUT2D eigenvalue weighted by molar-refractivity contribution is 5.54. The molecule has 3 heteroatoms. The number of nitrogens with zero attached hydrogens (tertiary/aromatic N) is 1. The Hall–Kier alpha value is -1.61. The van der Waals surface area contributed by atoms with E-state index in [1.807, 2.05) is 36.5 Å². The van der Waals surface area contributed by atoms with Gasteiger partial charge in [0.25, 0.3) is 0 Å². The van der Waals surface area contributed by atoms with Crippen LogP contribution in [0.2, 0.25) is 0 Å². The van der Waals surface area contributed by atoms with Crippen LogP contribution in [0, 0.1) is 5.92 Å². The van der Waals surface area contributed by atoms with Crippen molar-refractivity contribution in [3.8, 4) is 11.4 Å². The van der Waals surface area contributed by atoms with Crippen molar-refractivity contribution in [3.05, 3.63) is 42.2 Å². The van der Waals surface area contributed by atoms with Gasteiger partial charge in [-0.1, -0.05) is 44.2 Å². The summed E-state index contributed by atoms with van der Waals surface area (Å²) in [7, 11) is 0. The molecule has 2 rings (SSSR count). The van der Waals surface area contributed by atoms with Crippen molar-refractivity contribution in [1.29, 1.82) is 0 Å². The van der Waals surface area contributed by atoms with Gasteiger partial charge in [0.05, 0.1) is 11.9 Å². The van der Waals surface area contributed by atoms with Gasteiger partial charge in [-0.15, -0.1) is 0 Å². The lowest BCUT2D eigenvalue weighted by Gasteiger charge is -2.12. The minimum atomic E-state index is 0.0185. The number of hydrogen-bond donors (Lipinski definition) is 2. The molecule has 0 aliphatic carbocycles. The Morgan fingerprint density at radius 3 is 2.50 bits per heavy atom. The molecular formula is C13H17N3. The molecule has 3 N–H and O–H groups in total. The van der Waals surface area contributed by atoms with E-state index in [-0.39, 0.29) is 6.04 Å². The summed E-state index contributed by atoms with van der Waals surface area (Å²) in [6, 6.07) is 10.1. The molecule has 1 aromatic heterocycles. The number of benzene rings is 1. The van der Waals surface area contributed by atoms with Crippen LogP contribution in [0.3, 0.4) is 0 Å². The first-order valence-corrected chi connectivity index (χ1v) is 5.54. The van der Waals surface area contributed by atoms with Gasteiger partial charge in [-0.2, -0.15) is 0 Å². The quantitative estimate of drug-likeness (QED) is 0.827. The highest BCUT2D eigenvalue weighted by Gasteiger charge is 2.13. The van der Waals surface area contributed by atoms with E-state index in [2.05, 4.69) is 23.8 Å². The van der Waals surface area contributed by atoms with Gasteiger partial charge in [-0.3, -0.25) is 0 Å². The standard InChI is InChI=1S/C13H17N3/c1-9(2)12(14)11-8-15-13(16-11)10-6-4-3-5-7-10/h3-9,12H,14H2,1-2H3,(H,15,16)/t12-/m0/s1. The van der Waals surface area contributed by atoms with E-state index in [1.165, 1.54) is 0 Å². The zero-order valence-corrected chi connectivity index (χ0v) is 9.64. The molecule has 0 bridgehead atoms. The topological polar surface area (TPSA) is 54.7 Å². The van der Waals surface area contributed by atoms with E-state index < -0.39 is 0 Å². The zero-order valence-electron chi connectivity index (χ0n) is 9.64. The van der Waals surface area contributed by atoms with Crippen LogP contribution < -0.4 is 5.73 Å². The van der Waals surface area contributed by atoms with Crippen molar-refractivity contribution in [2.45, 2.75) is 19.9 Å². The fourth-order valence-corrected chi connectivity index (χ4v) is 1.61. The van der Waals surface area contributed by atoms with Crippen molar-refractivity contribution < 1.29 is 0 Å². The molecule has 0 aliphatic heterocycles. The first kappa shape index (κ1) is 10.9. The van der Waals surface area contributed by atoms with Crippen LogP contribution in [0.1, 0.15) is 25.6 Å². The van der Waals surface area contributed by atoms with Crippen molar-refractivity contribution in [2.75, 3.05) is 0 Å². The van der Waals surface area contributed by atoms with Crippen molar-refractivity contribution in [1.82, 2.24) is 9.97 Å². The maximum Gasteiger partial charge on any atom is 0.137 e. The molecule has 1 heterocycles. The highest BCUT2D eigenvalue weighted by atomic mass is 14.9. The fourth-order valence-electron chi connectivity index (χ4n) is 1.61. The van der Waals surface area contributed by atoms with Crippen molar-refractivity contribution in [2.24, 2.45) is 11.7 Å². The lowest BCUT2D eigenvalue weighted by Crippen LogP contribution is -2.16. The highest BCUT2D eigenvalue weighted by Crippen LogP contribution is 2.20. The second-order valence-corrected chi connectivity index (χ2v) is 4.32. The predicted octanol–water partition coefficient (Wildman–Crippen LogP) is 2.73. The first-order chi connectivity index (χ1) is 7.68. The molecule has 0 radical (unpaired) electrons.